The zero-order valence-corrected chi connectivity index (χ0v) is 16.4. The molecule has 0 fully saturated rings. The second kappa shape index (κ2) is 9.84. The minimum atomic E-state index is -1.11. The molecule has 0 atom stereocenters. The molecule has 3 heteroatoms. The van der Waals surface area contributed by atoms with Crippen LogP contribution in [0, 0.1) is 0 Å². The molecule has 0 amide bonds. The van der Waals surface area contributed by atoms with Gasteiger partial charge in [-0.05, 0) is 42.8 Å². The highest BCUT2D eigenvalue weighted by Crippen LogP contribution is 2.39. The number of benzene rings is 3. The molecule has 0 radical (unpaired) electrons. The smallest absolute Gasteiger partial charge is 0.281 e. The third kappa shape index (κ3) is 5.07. The van der Waals surface area contributed by atoms with Crippen LogP contribution in [0.1, 0.15) is 44.6 Å². The summed E-state index contributed by atoms with van der Waals surface area (Å²) in [7, 11) is 0. The Morgan fingerprint density at radius 2 is 1.21 bits per heavy atom. The van der Waals surface area contributed by atoms with E-state index in [-0.39, 0.29) is 5.75 Å². The lowest BCUT2D eigenvalue weighted by molar-refractivity contribution is -0.130. The van der Waals surface area contributed by atoms with Crippen molar-refractivity contribution in [1.29, 1.82) is 0 Å². The molecular formula is C25H28O3. The van der Waals surface area contributed by atoms with Gasteiger partial charge in [-0.15, -0.1) is 0 Å². The Labute approximate surface area is 167 Å². The number of phenols is 1. The molecule has 0 heterocycles. The average molecular weight is 376 g/mol. The normalized spacial score (nSPS) is 11.2. The summed E-state index contributed by atoms with van der Waals surface area (Å²) >= 11 is 0. The van der Waals surface area contributed by atoms with Crippen molar-refractivity contribution in [2.24, 2.45) is 0 Å². The van der Waals surface area contributed by atoms with E-state index in [1.165, 1.54) is 0 Å². The molecule has 3 aromatic rings. The summed E-state index contributed by atoms with van der Waals surface area (Å²) in [4.78, 5) is 0. The molecule has 0 aliphatic heterocycles. The van der Waals surface area contributed by atoms with Crippen LogP contribution in [-0.4, -0.2) is 5.11 Å². The summed E-state index contributed by atoms with van der Waals surface area (Å²) in [5.41, 5.74) is 0.638. The predicted molar refractivity (Wildman–Crippen MR) is 113 cm³/mol. The van der Waals surface area contributed by atoms with Crippen LogP contribution in [0.15, 0.2) is 84.9 Å². The number of para-hydroxylation sites is 3. The first-order valence-corrected chi connectivity index (χ1v) is 10.00. The van der Waals surface area contributed by atoms with Gasteiger partial charge in [0, 0.05) is 6.42 Å². The SMILES string of the molecule is CCCCCCC(Oc1ccccc1)(Oc1ccccc1)c1ccccc1O. The van der Waals surface area contributed by atoms with Crippen LogP contribution in [0.2, 0.25) is 0 Å². The fraction of sp³-hybridized carbons (Fsp3) is 0.280. The summed E-state index contributed by atoms with van der Waals surface area (Å²) < 4.78 is 12.9. The molecule has 0 saturated carbocycles. The Balaban J connectivity index is 2.02. The second-order valence-electron chi connectivity index (χ2n) is 6.91. The molecule has 3 aromatic carbocycles. The Morgan fingerprint density at radius 3 is 1.75 bits per heavy atom. The van der Waals surface area contributed by atoms with Crippen molar-refractivity contribution in [1.82, 2.24) is 0 Å². The molecule has 0 aliphatic carbocycles. The van der Waals surface area contributed by atoms with Gasteiger partial charge in [0.2, 0.25) is 0 Å². The fourth-order valence-electron chi connectivity index (χ4n) is 3.31. The third-order valence-corrected chi connectivity index (χ3v) is 4.73. The van der Waals surface area contributed by atoms with Crippen LogP contribution in [0.4, 0.5) is 0 Å². The quantitative estimate of drug-likeness (QED) is 0.317. The van der Waals surface area contributed by atoms with E-state index in [0.717, 1.165) is 25.7 Å². The number of unbranched alkanes of at least 4 members (excludes halogenated alkanes) is 3. The fourth-order valence-corrected chi connectivity index (χ4v) is 3.31. The highest BCUT2D eigenvalue weighted by Gasteiger charge is 2.39. The van der Waals surface area contributed by atoms with Gasteiger partial charge in [0.25, 0.3) is 5.79 Å². The molecule has 0 saturated heterocycles. The van der Waals surface area contributed by atoms with Crippen molar-refractivity contribution in [3.8, 4) is 17.2 Å². The van der Waals surface area contributed by atoms with Crippen LogP contribution in [-0.2, 0) is 5.79 Å². The number of ether oxygens (including phenoxy) is 2. The summed E-state index contributed by atoms with van der Waals surface area (Å²) in [5, 5.41) is 10.6. The summed E-state index contributed by atoms with van der Waals surface area (Å²) in [5.74, 6) is 0.473. The van der Waals surface area contributed by atoms with Gasteiger partial charge < -0.3 is 14.6 Å². The van der Waals surface area contributed by atoms with Gasteiger partial charge in [0.1, 0.15) is 17.2 Å². The Bertz CT molecular complexity index is 789. The van der Waals surface area contributed by atoms with E-state index in [1.54, 1.807) is 6.07 Å². The molecule has 0 unspecified atom stereocenters. The summed E-state index contributed by atoms with van der Waals surface area (Å²) in [6, 6.07) is 26.6. The van der Waals surface area contributed by atoms with E-state index in [2.05, 4.69) is 6.92 Å². The number of hydrogen-bond donors (Lipinski definition) is 1. The van der Waals surface area contributed by atoms with Crippen LogP contribution in [0.5, 0.6) is 17.2 Å². The highest BCUT2D eigenvalue weighted by molar-refractivity contribution is 5.38. The van der Waals surface area contributed by atoms with Crippen LogP contribution < -0.4 is 9.47 Å². The molecule has 0 bridgehead atoms. The summed E-state index contributed by atoms with van der Waals surface area (Å²) in [6.07, 6.45) is 4.97. The van der Waals surface area contributed by atoms with Crippen molar-refractivity contribution in [3.63, 3.8) is 0 Å². The van der Waals surface area contributed by atoms with Crippen LogP contribution in [0.3, 0.4) is 0 Å². The first-order valence-electron chi connectivity index (χ1n) is 10.00. The molecule has 28 heavy (non-hydrogen) atoms. The van der Waals surface area contributed by atoms with Crippen molar-refractivity contribution in [2.45, 2.75) is 44.8 Å². The summed E-state index contributed by atoms with van der Waals surface area (Å²) in [6.45, 7) is 2.19. The van der Waals surface area contributed by atoms with Crippen molar-refractivity contribution < 1.29 is 14.6 Å². The van der Waals surface area contributed by atoms with E-state index >= 15 is 0 Å². The van der Waals surface area contributed by atoms with Crippen LogP contribution >= 0.6 is 0 Å². The van der Waals surface area contributed by atoms with E-state index in [1.807, 2.05) is 78.9 Å². The van der Waals surface area contributed by atoms with Crippen molar-refractivity contribution >= 4 is 0 Å². The molecule has 3 nitrogen and oxygen atoms in total. The number of phenolic OH excluding ortho intramolecular Hbond substituents is 1. The minimum Gasteiger partial charge on any atom is -0.507 e. The largest absolute Gasteiger partial charge is 0.507 e. The number of hydrogen-bond acceptors (Lipinski definition) is 3. The van der Waals surface area contributed by atoms with E-state index in [4.69, 9.17) is 9.47 Å². The molecule has 0 spiro atoms. The Morgan fingerprint density at radius 1 is 0.679 bits per heavy atom. The maximum Gasteiger partial charge on any atom is 0.281 e. The Hall–Kier alpha value is -2.94. The van der Waals surface area contributed by atoms with E-state index < -0.39 is 5.79 Å². The molecule has 0 aliphatic rings. The maximum absolute atomic E-state index is 10.6. The van der Waals surface area contributed by atoms with Gasteiger partial charge in [-0.25, -0.2) is 0 Å². The molecule has 146 valence electrons. The second-order valence-corrected chi connectivity index (χ2v) is 6.91. The zero-order valence-electron chi connectivity index (χ0n) is 16.4. The standard InChI is InChI=1S/C25H28O3/c1-2-3-4-13-20-25(23-18-11-12-19-24(23)26,27-21-14-7-5-8-15-21)28-22-16-9-6-10-17-22/h5-12,14-19,26H,2-4,13,20H2,1H3. The molecule has 3 rings (SSSR count). The zero-order chi connectivity index (χ0) is 19.7. The topological polar surface area (TPSA) is 38.7 Å². The lowest BCUT2D eigenvalue weighted by atomic mass is 9.97. The minimum absolute atomic E-state index is 0.171. The number of aromatic hydroxyl groups is 1. The third-order valence-electron chi connectivity index (χ3n) is 4.73. The maximum atomic E-state index is 10.6. The Kier molecular flexibility index (Phi) is 6.96. The van der Waals surface area contributed by atoms with Gasteiger partial charge in [-0.1, -0.05) is 74.7 Å². The van der Waals surface area contributed by atoms with Crippen LogP contribution in [0.25, 0.3) is 0 Å². The first kappa shape index (κ1) is 19.8. The van der Waals surface area contributed by atoms with Gasteiger partial charge in [0.05, 0.1) is 5.56 Å². The predicted octanol–water partition coefficient (Wildman–Crippen LogP) is 6.67. The van der Waals surface area contributed by atoms with E-state index in [0.29, 0.717) is 23.5 Å². The lowest BCUT2D eigenvalue weighted by Gasteiger charge is -2.35. The highest BCUT2D eigenvalue weighted by atomic mass is 16.7. The molecular weight excluding hydrogens is 348 g/mol. The van der Waals surface area contributed by atoms with Gasteiger partial charge >= 0.3 is 0 Å². The number of rotatable bonds is 10. The molecule has 0 aromatic heterocycles. The van der Waals surface area contributed by atoms with Gasteiger partial charge in [-0.3, -0.25) is 0 Å². The monoisotopic (exact) mass is 376 g/mol. The lowest BCUT2D eigenvalue weighted by Crippen LogP contribution is -2.39. The first-order chi connectivity index (χ1) is 13.7. The van der Waals surface area contributed by atoms with Gasteiger partial charge in [0.15, 0.2) is 0 Å². The average Bonchev–Trinajstić information content (AvgIpc) is 2.73. The van der Waals surface area contributed by atoms with Crippen molar-refractivity contribution in [3.05, 3.63) is 90.5 Å². The van der Waals surface area contributed by atoms with Crippen molar-refractivity contribution in [2.75, 3.05) is 0 Å². The molecule has 1 N–H and O–H groups in total. The van der Waals surface area contributed by atoms with E-state index in [9.17, 15) is 5.11 Å². The van der Waals surface area contributed by atoms with Gasteiger partial charge in [-0.2, -0.15) is 0 Å².